The van der Waals surface area contributed by atoms with Crippen molar-refractivity contribution < 1.29 is 0 Å². The first-order valence-corrected chi connectivity index (χ1v) is 9.33. The molecule has 0 aromatic heterocycles. The van der Waals surface area contributed by atoms with Gasteiger partial charge in [0.25, 0.3) is 0 Å². The van der Waals surface area contributed by atoms with Gasteiger partial charge in [-0.3, -0.25) is 0 Å². The topological polar surface area (TPSA) is 3.24 Å². The van der Waals surface area contributed by atoms with Crippen molar-refractivity contribution in [1.29, 1.82) is 0 Å². The van der Waals surface area contributed by atoms with Gasteiger partial charge in [0, 0.05) is 34.4 Å². The third kappa shape index (κ3) is 4.70. The van der Waals surface area contributed by atoms with Crippen LogP contribution in [0.1, 0.15) is 16.7 Å². The van der Waals surface area contributed by atoms with Crippen LogP contribution in [0.4, 0.5) is 5.69 Å². The fourth-order valence-corrected chi connectivity index (χ4v) is 3.78. The number of hydrogen-bond donors (Lipinski definition) is 0. The van der Waals surface area contributed by atoms with Gasteiger partial charge in [-0.1, -0.05) is 83.9 Å². The minimum atomic E-state index is 0.301. The van der Waals surface area contributed by atoms with Gasteiger partial charge in [-0.15, -0.1) is 11.6 Å². The third-order valence-electron chi connectivity index (χ3n) is 4.06. The normalized spacial score (nSPS) is 10.7. The quantitative estimate of drug-likeness (QED) is 0.412. The van der Waals surface area contributed by atoms with Crippen molar-refractivity contribution in [2.45, 2.75) is 19.0 Å². The zero-order valence-corrected chi connectivity index (χ0v) is 15.9. The molecule has 0 saturated heterocycles. The smallest absolute Gasteiger partial charge is 0.0503 e. The van der Waals surface area contributed by atoms with E-state index in [1.165, 1.54) is 11.1 Å². The second-order valence-corrected chi connectivity index (χ2v) is 6.93. The standard InChI is InChI=1S/C21H18Cl3N/c22-13-19-20(23)11-18(12-21(19)24)25(14-16-7-3-1-4-8-16)15-17-9-5-2-6-10-17/h1-12H,13-15H2. The average molecular weight is 391 g/mol. The molecule has 0 aliphatic heterocycles. The lowest BCUT2D eigenvalue weighted by molar-refractivity contribution is 0.800. The van der Waals surface area contributed by atoms with Gasteiger partial charge in [0.05, 0.1) is 5.88 Å². The van der Waals surface area contributed by atoms with Crippen LogP contribution in [0.3, 0.4) is 0 Å². The van der Waals surface area contributed by atoms with E-state index in [1.807, 2.05) is 48.5 Å². The summed E-state index contributed by atoms with van der Waals surface area (Å²) in [6, 6.07) is 24.6. The van der Waals surface area contributed by atoms with Gasteiger partial charge in [0.1, 0.15) is 0 Å². The lowest BCUT2D eigenvalue weighted by Crippen LogP contribution is -2.22. The zero-order valence-electron chi connectivity index (χ0n) is 13.6. The Morgan fingerprint density at radius 3 is 1.52 bits per heavy atom. The fourth-order valence-electron chi connectivity index (χ4n) is 2.75. The van der Waals surface area contributed by atoms with E-state index >= 15 is 0 Å². The molecular formula is C21H18Cl3N. The van der Waals surface area contributed by atoms with E-state index in [-0.39, 0.29) is 0 Å². The van der Waals surface area contributed by atoms with Crippen LogP contribution in [0.5, 0.6) is 0 Å². The van der Waals surface area contributed by atoms with E-state index in [1.54, 1.807) is 0 Å². The Morgan fingerprint density at radius 2 is 1.12 bits per heavy atom. The minimum absolute atomic E-state index is 0.301. The van der Waals surface area contributed by atoms with Gasteiger partial charge in [-0.2, -0.15) is 0 Å². The van der Waals surface area contributed by atoms with E-state index in [9.17, 15) is 0 Å². The van der Waals surface area contributed by atoms with Crippen LogP contribution >= 0.6 is 34.8 Å². The maximum absolute atomic E-state index is 6.39. The van der Waals surface area contributed by atoms with Gasteiger partial charge in [-0.05, 0) is 23.3 Å². The van der Waals surface area contributed by atoms with Gasteiger partial charge in [0.2, 0.25) is 0 Å². The number of hydrogen-bond acceptors (Lipinski definition) is 1. The monoisotopic (exact) mass is 389 g/mol. The molecule has 0 heterocycles. The number of benzene rings is 3. The molecule has 1 nitrogen and oxygen atoms in total. The highest BCUT2D eigenvalue weighted by atomic mass is 35.5. The van der Waals surface area contributed by atoms with Gasteiger partial charge in [0.15, 0.2) is 0 Å². The van der Waals surface area contributed by atoms with Crippen LogP contribution in [-0.4, -0.2) is 0 Å². The van der Waals surface area contributed by atoms with Crippen molar-refractivity contribution in [2.24, 2.45) is 0 Å². The van der Waals surface area contributed by atoms with Crippen molar-refractivity contribution in [3.05, 3.63) is 99.5 Å². The first-order valence-electron chi connectivity index (χ1n) is 8.04. The molecule has 0 spiro atoms. The number of nitrogens with zero attached hydrogens (tertiary/aromatic N) is 1. The molecule has 0 N–H and O–H groups in total. The minimum Gasteiger partial charge on any atom is -0.363 e. The third-order valence-corrected chi connectivity index (χ3v) is 5.00. The molecule has 0 aliphatic carbocycles. The van der Waals surface area contributed by atoms with Gasteiger partial charge < -0.3 is 4.90 Å². The van der Waals surface area contributed by atoms with E-state index in [0.717, 1.165) is 24.3 Å². The molecule has 0 fully saturated rings. The maximum atomic E-state index is 6.39. The average Bonchev–Trinajstić information content (AvgIpc) is 2.63. The SMILES string of the molecule is ClCc1c(Cl)cc(N(Cc2ccccc2)Cc2ccccc2)cc1Cl. The lowest BCUT2D eigenvalue weighted by atomic mass is 10.1. The second-order valence-electron chi connectivity index (χ2n) is 5.85. The highest BCUT2D eigenvalue weighted by Gasteiger charge is 2.13. The summed E-state index contributed by atoms with van der Waals surface area (Å²) < 4.78 is 0. The van der Waals surface area contributed by atoms with Crippen molar-refractivity contribution in [3.63, 3.8) is 0 Å². The number of anilines is 1. The Kier molecular flexibility index (Phi) is 6.25. The Bertz CT molecular complexity index is 755. The summed E-state index contributed by atoms with van der Waals surface area (Å²) in [4.78, 5) is 2.26. The van der Waals surface area contributed by atoms with Gasteiger partial charge >= 0.3 is 0 Å². The molecule has 128 valence electrons. The molecule has 0 amide bonds. The molecule has 0 bridgehead atoms. The molecule has 0 unspecified atom stereocenters. The maximum Gasteiger partial charge on any atom is 0.0503 e. The van der Waals surface area contributed by atoms with E-state index in [2.05, 4.69) is 29.2 Å². The second kappa shape index (κ2) is 8.62. The molecule has 0 aliphatic rings. The highest BCUT2D eigenvalue weighted by Crippen LogP contribution is 2.33. The van der Waals surface area contributed by atoms with Crippen LogP contribution in [0.25, 0.3) is 0 Å². The predicted molar refractivity (Wildman–Crippen MR) is 109 cm³/mol. The van der Waals surface area contributed by atoms with Crippen LogP contribution < -0.4 is 4.90 Å². The zero-order chi connectivity index (χ0) is 17.6. The van der Waals surface area contributed by atoms with Crippen LogP contribution in [0.15, 0.2) is 72.8 Å². The summed E-state index contributed by atoms with van der Waals surface area (Å²) >= 11 is 18.7. The first-order chi connectivity index (χ1) is 12.2. The van der Waals surface area contributed by atoms with Crippen LogP contribution in [0.2, 0.25) is 10.0 Å². The van der Waals surface area contributed by atoms with Gasteiger partial charge in [-0.25, -0.2) is 0 Å². The summed E-state index contributed by atoms with van der Waals surface area (Å²) in [5, 5.41) is 1.20. The summed E-state index contributed by atoms with van der Waals surface area (Å²) in [5.41, 5.74) is 4.21. The largest absolute Gasteiger partial charge is 0.363 e. The lowest BCUT2D eigenvalue weighted by Gasteiger charge is -2.26. The van der Waals surface area contributed by atoms with Crippen molar-refractivity contribution in [3.8, 4) is 0 Å². The summed E-state index contributed by atoms with van der Waals surface area (Å²) in [6.45, 7) is 1.53. The van der Waals surface area contributed by atoms with Crippen molar-refractivity contribution in [1.82, 2.24) is 0 Å². The molecule has 0 atom stereocenters. The molecule has 3 aromatic carbocycles. The Morgan fingerprint density at radius 1 is 0.680 bits per heavy atom. The Labute approximate surface area is 163 Å². The number of alkyl halides is 1. The summed E-state index contributed by atoms with van der Waals surface area (Å²) in [5.74, 6) is 0.301. The van der Waals surface area contributed by atoms with E-state index in [0.29, 0.717) is 15.9 Å². The number of rotatable bonds is 6. The predicted octanol–water partition coefficient (Wildman–Crippen LogP) is 6.94. The molecule has 4 heteroatoms. The molecule has 3 rings (SSSR count). The van der Waals surface area contributed by atoms with Crippen LogP contribution in [-0.2, 0) is 19.0 Å². The van der Waals surface area contributed by atoms with Crippen molar-refractivity contribution in [2.75, 3.05) is 4.90 Å². The Hall–Kier alpha value is -1.67. The summed E-state index contributed by atoms with van der Waals surface area (Å²) in [7, 11) is 0. The highest BCUT2D eigenvalue weighted by molar-refractivity contribution is 6.37. The van der Waals surface area contributed by atoms with E-state index < -0.39 is 0 Å². The number of halogens is 3. The summed E-state index contributed by atoms with van der Waals surface area (Å²) in [6.07, 6.45) is 0. The Balaban J connectivity index is 1.95. The molecule has 25 heavy (non-hydrogen) atoms. The first kappa shape index (κ1) is 18.1. The molecule has 0 radical (unpaired) electrons. The molecular weight excluding hydrogens is 373 g/mol. The van der Waals surface area contributed by atoms with Crippen molar-refractivity contribution >= 4 is 40.5 Å². The molecule has 3 aromatic rings. The van der Waals surface area contributed by atoms with Crippen LogP contribution in [0, 0.1) is 0 Å². The van der Waals surface area contributed by atoms with E-state index in [4.69, 9.17) is 34.8 Å². The molecule has 0 saturated carbocycles. The fraction of sp³-hybridized carbons (Fsp3) is 0.143.